The number of alkyl carbamates (subject to hydrolysis) is 1. The highest BCUT2D eigenvalue weighted by atomic mass is 32.2. The van der Waals surface area contributed by atoms with Gasteiger partial charge in [-0.05, 0) is 95.6 Å². The minimum absolute atomic E-state index is 0.0933. The molecule has 224 valence electrons. The lowest BCUT2D eigenvalue weighted by atomic mass is 9.54. The lowest BCUT2D eigenvalue weighted by Crippen LogP contribution is -2.55. The summed E-state index contributed by atoms with van der Waals surface area (Å²) in [5.41, 5.74) is -1.33. The maximum Gasteiger partial charge on any atom is 0.407 e. The number of thioether (sulfide) groups is 1. The minimum Gasteiger partial charge on any atom is -0.472 e. The third-order valence-electron chi connectivity index (χ3n) is 7.77. The average molecular weight is 579 g/mol. The van der Waals surface area contributed by atoms with Gasteiger partial charge in [-0.1, -0.05) is 13.8 Å². The molecule has 0 unspecified atom stereocenters. The normalized spacial score (nSPS) is 25.6. The largest absolute Gasteiger partial charge is 0.472 e. The summed E-state index contributed by atoms with van der Waals surface area (Å²) in [6.07, 6.45) is 5.76. The zero-order chi connectivity index (χ0) is 29.2. The summed E-state index contributed by atoms with van der Waals surface area (Å²) in [6.45, 7) is 13.3. The molecule has 0 saturated heterocycles. The van der Waals surface area contributed by atoms with Crippen LogP contribution < -0.4 is 20.7 Å². The second kappa shape index (κ2) is 12.2. The van der Waals surface area contributed by atoms with Crippen molar-refractivity contribution in [3.8, 4) is 5.88 Å². The van der Waals surface area contributed by atoms with Crippen LogP contribution in [0.4, 0.5) is 4.79 Å². The Morgan fingerprint density at radius 2 is 1.65 bits per heavy atom. The number of nitrogens with zero attached hydrogens (tertiary/aromatic N) is 1. The van der Waals surface area contributed by atoms with E-state index >= 15 is 0 Å². The molecule has 3 N–H and O–H groups in total. The number of rotatable bonds is 11. The third kappa shape index (κ3) is 8.07. The number of aromatic nitrogens is 1. The second-order valence-electron chi connectivity index (χ2n) is 13.6. The minimum atomic E-state index is -0.732. The molecule has 1 aromatic heterocycles. The van der Waals surface area contributed by atoms with Crippen molar-refractivity contribution >= 4 is 29.7 Å². The van der Waals surface area contributed by atoms with Gasteiger partial charge in [0.05, 0.1) is 5.54 Å². The van der Waals surface area contributed by atoms with Gasteiger partial charge in [-0.15, -0.1) is 11.8 Å². The first-order valence-corrected chi connectivity index (χ1v) is 15.4. The molecule has 5 rings (SSSR count). The van der Waals surface area contributed by atoms with E-state index in [1.807, 2.05) is 27.7 Å². The number of nitrogens with one attached hydrogen (secondary N) is 3. The summed E-state index contributed by atoms with van der Waals surface area (Å²) in [6, 6.07) is 0.200. The number of carbonyl (C=O) groups is 3. The molecule has 4 aliphatic carbocycles. The summed E-state index contributed by atoms with van der Waals surface area (Å²) < 4.78 is 16.8. The monoisotopic (exact) mass is 578 g/mol. The summed E-state index contributed by atoms with van der Waals surface area (Å²) in [4.78, 5) is 38.3. The Kier molecular flexibility index (Phi) is 9.31. The molecule has 11 heteroatoms. The summed E-state index contributed by atoms with van der Waals surface area (Å²) in [5, 5.41) is 13.1. The Morgan fingerprint density at radius 3 is 2.23 bits per heavy atom. The zero-order valence-electron chi connectivity index (χ0n) is 24.9. The van der Waals surface area contributed by atoms with E-state index in [-0.39, 0.29) is 54.3 Å². The van der Waals surface area contributed by atoms with Crippen molar-refractivity contribution in [3.05, 3.63) is 5.76 Å². The molecule has 1 aromatic rings. The lowest BCUT2D eigenvalue weighted by Gasteiger charge is -2.54. The van der Waals surface area contributed by atoms with Gasteiger partial charge >= 0.3 is 6.09 Å². The fraction of sp³-hybridized carbons (Fsp3) is 0.793. The van der Waals surface area contributed by atoms with E-state index in [1.54, 1.807) is 20.8 Å². The molecule has 4 bridgehead atoms. The number of hydrogen-bond donors (Lipinski definition) is 3. The molecule has 4 aliphatic rings. The highest BCUT2D eigenvalue weighted by Crippen LogP contribution is 2.53. The predicted octanol–water partition coefficient (Wildman–Crippen LogP) is 4.92. The molecular formula is C29H46N4O6S. The molecule has 4 saturated carbocycles. The van der Waals surface area contributed by atoms with Crippen molar-refractivity contribution in [3.63, 3.8) is 0 Å². The molecule has 1 heterocycles. The van der Waals surface area contributed by atoms with Gasteiger partial charge in [0.1, 0.15) is 17.1 Å². The van der Waals surface area contributed by atoms with Crippen LogP contribution in [-0.2, 0) is 9.53 Å². The fourth-order valence-corrected chi connectivity index (χ4v) is 7.44. The van der Waals surface area contributed by atoms with Crippen molar-refractivity contribution in [2.75, 3.05) is 13.2 Å². The van der Waals surface area contributed by atoms with Gasteiger partial charge in [0, 0.05) is 24.3 Å². The van der Waals surface area contributed by atoms with Crippen LogP contribution in [-0.4, -0.2) is 58.6 Å². The SMILES string of the molecule is CC(C)Sc1c(OCC(C)(C)NC(=O)CCNC(=O)OC(C)(C)C)noc1C(=O)NC1C2CC3CC(C2)CC1C3. The Hall–Kier alpha value is -2.43. The molecule has 0 aliphatic heterocycles. The average Bonchev–Trinajstić information content (AvgIpc) is 3.20. The zero-order valence-corrected chi connectivity index (χ0v) is 25.7. The molecule has 4 fully saturated rings. The number of hydrogen-bond acceptors (Lipinski definition) is 8. The van der Waals surface area contributed by atoms with Gasteiger partial charge in [0.2, 0.25) is 11.7 Å². The van der Waals surface area contributed by atoms with Crippen LogP contribution in [0.1, 0.15) is 97.5 Å². The van der Waals surface area contributed by atoms with Crippen molar-refractivity contribution in [1.29, 1.82) is 0 Å². The Balaban J connectivity index is 1.31. The van der Waals surface area contributed by atoms with E-state index < -0.39 is 17.2 Å². The molecule has 0 spiro atoms. The molecule has 40 heavy (non-hydrogen) atoms. The lowest BCUT2D eigenvalue weighted by molar-refractivity contribution is -0.122. The van der Waals surface area contributed by atoms with Gasteiger partial charge in [0.15, 0.2) is 0 Å². The van der Waals surface area contributed by atoms with Gasteiger partial charge in [0.25, 0.3) is 11.8 Å². The Labute approximate surface area is 241 Å². The van der Waals surface area contributed by atoms with Crippen LogP contribution >= 0.6 is 11.8 Å². The van der Waals surface area contributed by atoms with Crippen molar-refractivity contribution in [2.24, 2.45) is 23.7 Å². The van der Waals surface area contributed by atoms with Crippen molar-refractivity contribution < 1.29 is 28.4 Å². The number of carbonyl (C=O) groups excluding carboxylic acids is 3. The van der Waals surface area contributed by atoms with Crippen LogP contribution in [0.2, 0.25) is 0 Å². The first-order valence-electron chi connectivity index (χ1n) is 14.6. The van der Waals surface area contributed by atoms with Crippen LogP contribution in [0.3, 0.4) is 0 Å². The molecule has 3 amide bonds. The van der Waals surface area contributed by atoms with Gasteiger partial charge in [-0.3, -0.25) is 9.59 Å². The second-order valence-corrected chi connectivity index (χ2v) is 15.2. The fourth-order valence-electron chi connectivity index (χ4n) is 6.54. The quantitative estimate of drug-likeness (QED) is 0.316. The highest BCUT2D eigenvalue weighted by molar-refractivity contribution is 8.00. The molecular weight excluding hydrogens is 532 g/mol. The Morgan fingerprint density at radius 1 is 1.02 bits per heavy atom. The predicted molar refractivity (Wildman–Crippen MR) is 152 cm³/mol. The van der Waals surface area contributed by atoms with E-state index in [0.717, 1.165) is 11.8 Å². The van der Waals surface area contributed by atoms with Crippen molar-refractivity contribution in [2.45, 2.75) is 114 Å². The number of ether oxygens (including phenoxy) is 2. The standard InChI is InChI=1S/C29H46N4O6S/c1-16(2)40-24-23(25(35)31-22-19-11-17-10-18(13-19)14-20(22)12-17)39-33-26(24)37-15-29(6,7)32-21(34)8-9-30-27(36)38-28(3,4)5/h16-20,22H,8-15H2,1-7H3,(H,30,36)(H,31,35)(H,32,34). The van der Waals surface area contributed by atoms with Gasteiger partial charge in [-0.25, -0.2) is 4.79 Å². The van der Waals surface area contributed by atoms with Crippen LogP contribution in [0, 0.1) is 23.7 Å². The topological polar surface area (TPSA) is 132 Å². The molecule has 10 nitrogen and oxygen atoms in total. The summed E-state index contributed by atoms with van der Waals surface area (Å²) >= 11 is 1.48. The molecule has 0 aromatic carbocycles. The van der Waals surface area contributed by atoms with E-state index in [2.05, 4.69) is 21.1 Å². The number of amides is 3. The first kappa shape index (κ1) is 30.5. The van der Waals surface area contributed by atoms with Crippen LogP contribution in [0.15, 0.2) is 9.42 Å². The molecule has 0 radical (unpaired) electrons. The maximum atomic E-state index is 13.4. The molecule has 0 atom stereocenters. The van der Waals surface area contributed by atoms with E-state index in [9.17, 15) is 14.4 Å². The van der Waals surface area contributed by atoms with Crippen LogP contribution in [0.5, 0.6) is 5.88 Å². The Bertz CT molecular complexity index is 1050. The summed E-state index contributed by atoms with van der Waals surface area (Å²) in [5.74, 6) is 2.76. The van der Waals surface area contributed by atoms with Gasteiger partial charge in [-0.2, -0.15) is 0 Å². The van der Waals surface area contributed by atoms with Crippen molar-refractivity contribution in [1.82, 2.24) is 21.1 Å². The van der Waals surface area contributed by atoms with E-state index in [4.69, 9.17) is 14.0 Å². The first-order chi connectivity index (χ1) is 18.7. The maximum absolute atomic E-state index is 13.4. The highest BCUT2D eigenvalue weighted by Gasteiger charge is 2.49. The van der Waals surface area contributed by atoms with E-state index in [0.29, 0.717) is 16.7 Å². The smallest absolute Gasteiger partial charge is 0.407 e. The van der Waals surface area contributed by atoms with Gasteiger partial charge < -0.3 is 29.9 Å². The van der Waals surface area contributed by atoms with Crippen LogP contribution in [0.25, 0.3) is 0 Å². The van der Waals surface area contributed by atoms with E-state index in [1.165, 1.54) is 43.9 Å². The summed E-state index contributed by atoms with van der Waals surface area (Å²) in [7, 11) is 0. The third-order valence-corrected chi connectivity index (χ3v) is 8.84.